The van der Waals surface area contributed by atoms with Gasteiger partial charge < -0.3 is 4.74 Å². The van der Waals surface area contributed by atoms with E-state index in [0.717, 1.165) is 4.57 Å². The third-order valence-electron chi connectivity index (χ3n) is 2.85. The van der Waals surface area contributed by atoms with E-state index in [-0.39, 0.29) is 12.3 Å². The SMILES string of the molecule is Cn1c(COC(=O)c2ccccn2)cc(=O)n(C)c1=O. The molecule has 0 atom stereocenters. The third kappa shape index (κ3) is 2.66. The third-order valence-corrected chi connectivity index (χ3v) is 2.85. The number of hydrogen-bond acceptors (Lipinski definition) is 5. The van der Waals surface area contributed by atoms with E-state index in [1.54, 1.807) is 12.1 Å². The summed E-state index contributed by atoms with van der Waals surface area (Å²) in [5.41, 5.74) is -0.429. The second-order valence-electron chi connectivity index (χ2n) is 4.17. The van der Waals surface area contributed by atoms with Crippen LogP contribution in [0.5, 0.6) is 0 Å². The van der Waals surface area contributed by atoms with Gasteiger partial charge in [-0.2, -0.15) is 0 Å². The molecule has 20 heavy (non-hydrogen) atoms. The molecule has 0 aliphatic rings. The topological polar surface area (TPSA) is 83.2 Å². The summed E-state index contributed by atoms with van der Waals surface area (Å²) in [6.07, 6.45) is 1.48. The largest absolute Gasteiger partial charge is 0.455 e. The molecular weight excluding hydrogens is 262 g/mol. The van der Waals surface area contributed by atoms with Gasteiger partial charge in [0.2, 0.25) is 0 Å². The number of carbonyl (C=O) groups is 1. The van der Waals surface area contributed by atoms with Crippen LogP contribution < -0.4 is 11.2 Å². The predicted molar refractivity (Wildman–Crippen MR) is 70.3 cm³/mol. The van der Waals surface area contributed by atoms with Crippen molar-refractivity contribution >= 4 is 5.97 Å². The average molecular weight is 275 g/mol. The highest BCUT2D eigenvalue weighted by Gasteiger charge is 2.11. The van der Waals surface area contributed by atoms with Crippen LogP contribution >= 0.6 is 0 Å². The normalized spacial score (nSPS) is 10.3. The van der Waals surface area contributed by atoms with Crippen molar-refractivity contribution in [1.82, 2.24) is 14.1 Å². The van der Waals surface area contributed by atoms with Crippen LogP contribution in [0.15, 0.2) is 40.1 Å². The number of esters is 1. The van der Waals surface area contributed by atoms with E-state index in [1.807, 2.05) is 0 Å². The Bertz CT molecular complexity index is 746. The number of nitrogens with zero attached hydrogens (tertiary/aromatic N) is 3. The Morgan fingerprint density at radius 3 is 2.65 bits per heavy atom. The Balaban J connectivity index is 2.19. The molecule has 0 unspecified atom stereocenters. The van der Waals surface area contributed by atoms with Crippen LogP contribution in [0.2, 0.25) is 0 Å². The van der Waals surface area contributed by atoms with Gasteiger partial charge in [0.1, 0.15) is 12.3 Å². The van der Waals surface area contributed by atoms with Crippen molar-refractivity contribution in [1.29, 1.82) is 0 Å². The maximum atomic E-state index is 11.7. The smallest absolute Gasteiger partial charge is 0.357 e. The molecule has 0 aliphatic carbocycles. The van der Waals surface area contributed by atoms with Crippen molar-refractivity contribution in [2.24, 2.45) is 14.1 Å². The molecule has 0 fully saturated rings. The second kappa shape index (κ2) is 5.52. The van der Waals surface area contributed by atoms with Crippen LogP contribution in [0.3, 0.4) is 0 Å². The van der Waals surface area contributed by atoms with E-state index in [0.29, 0.717) is 5.69 Å². The highest BCUT2D eigenvalue weighted by atomic mass is 16.5. The summed E-state index contributed by atoms with van der Waals surface area (Å²) in [5, 5.41) is 0. The molecule has 0 saturated carbocycles. The first-order valence-electron chi connectivity index (χ1n) is 5.85. The maximum absolute atomic E-state index is 11.7. The summed E-state index contributed by atoms with van der Waals surface area (Å²) in [6, 6.07) is 6.12. The van der Waals surface area contributed by atoms with Crippen molar-refractivity contribution in [3.05, 3.63) is 62.7 Å². The quantitative estimate of drug-likeness (QED) is 0.727. The molecule has 2 heterocycles. The first kappa shape index (κ1) is 13.7. The van der Waals surface area contributed by atoms with Gasteiger partial charge in [0.15, 0.2) is 0 Å². The lowest BCUT2D eigenvalue weighted by atomic mass is 10.3. The Kier molecular flexibility index (Phi) is 3.79. The van der Waals surface area contributed by atoms with E-state index in [4.69, 9.17) is 4.74 Å². The zero-order valence-corrected chi connectivity index (χ0v) is 11.1. The van der Waals surface area contributed by atoms with E-state index >= 15 is 0 Å². The van der Waals surface area contributed by atoms with Gasteiger partial charge in [0.05, 0.1) is 5.69 Å². The van der Waals surface area contributed by atoms with Crippen molar-refractivity contribution < 1.29 is 9.53 Å². The summed E-state index contributed by atoms with van der Waals surface area (Å²) in [4.78, 5) is 38.8. The lowest BCUT2D eigenvalue weighted by molar-refractivity contribution is 0.0455. The second-order valence-corrected chi connectivity index (χ2v) is 4.17. The average Bonchev–Trinajstić information content (AvgIpc) is 2.48. The Hall–Kier alpha value is -2.70. The van der Waals surface area contributed by atoms with Gasteiger partial charge in [-0.3, -0.25) is 13.9 Å². The predicted octanol–water partition coefficient (Wildman–Crippen LogP) is -0.164. The van der Waals surface area contributed by atoms with E-state index < -0.39 is 17.2 Å². The van der Waals surface area contributed by atoms with Crippen LogP contribution in [0, 0.1) is 0 Å². The summed E-state index contributed by atoms with van der Waals surface area (Å²) in [7, 11) is 2.89. The van der Waals surface area contributed by atoms with Crippen LogP contribution in [-0.4, -0.2) is 20.1 Å². The van der Waals surface area contributed by atoms with Crippen LogP contribution in [0.1, 0.15) is 16.2 Å². The Morgan fingerprint density at radius 1 is 1.25 bits per heavy atom. The standard InChI is InChI=1S/C13H13N3O4/c1-15-9(7-11(17)16(2)13(15)19)8-20-12(18)10-5-3-4-6-14-10/h3-7H,8H2,1-2H3. The zero-order chi connectivity index (χ0) is 14.7. The van der Waals surface area contributed by atoms with E-state index in [1.165, 1.54) is 37.0 Å². The highest BCUT2D eigenvalue weighted by molar-refractivity contribution is 5.87. The fraction of sp³-hybridized carbons (Fsp3) is 0.231. The molecular formula is C13H13N3O4. The van der Waals surface area contributed by atoms with Crippen LogP contribution in [0.25, 0.3) is 0 Å². The van der Waals surface area contributed by atoms with E-state index in [9.17, 15) is 14.4 Å². The number of aromatic nitrogens is 3. The fourth-order valence-corrected chi connectivity index (χ4v) is 1.61. The number of rotatable bonds is 3. The molecule has 0 aromatic carbocycles. The molecule has 7 nitrogen and oxygen atoms in total. The van der Waals surface area contributed by atoms with Gasteiger partial charge in [-0.25, -0.2) is 14.6 Å². The van der Waals surface area contributed by atoms with Gasteiger partial charge in [-0.15, -0.1) is 0 Å². The lowest BCUT2D eigenvalue weighted by Gasteiger charge is -2.09. The minimum absolute atomic E-state index is 0.168. The molecule has 0 aliphatic heterocycles. The van der Waals surface area contributed by atoms with Gasteiger partial charge in [-0.1, -0.05) is 6.07 Å². The molecule has 2 aromatic rings. The molecule has 104 valence electrons. The molecule has 2 rings (SSSR count). The van der Waals surface area contributed by atoms with Crippen LogP contribution in [0.4, 0.5) is 0 Å². The lowest BCUT2D eigenvalue weighted by Crippen LogP contribution is -2.38. The molecule has 0 amide bonds. The monoisotopic (exact) mass is 275 g/mol. The minimum Gasteiger partial charge on any atom is -0.455 e. The van der Waals surface area contributed by atoms with E-state index in [2.05, 4.69) is 4.98 Å². The molecule has 7 heteroatoms. The van der Waals surface area contributed by atoms with Crippen molar-refractivity contribution in [2.45, 2.75) is 6.61 Å². The molecule has 0 bridgehead atoms. The maximum Gasteiger partial charge on any atom is 0.357 e. The van der Waals surface area contributed by atoms with Gasteiger partial charge in [0, 0.05) is 26.4 Å². The molecule has 0 N–H and O–H groups in total. The van der Waals surface area contributed by atoms with Crippen molar-refractivity contribution in [3.8, 4) is 0 Å². The zero-order valence-electron chi connectivity index (χ0n) is 11.1. The van der Waals surface area contributed by atoms with Gasteiger partial charge in [-0.05, 0) is 12.1 Å². The summed E-state index contributed by atoms with van der Waals surface area (Å²) in [6.45, 7) is -0.169. The summed E-state index contributed by atoms with van der Waals surface area (Å²) < 4.78 is 7.27. The Labute approximate surface area is 114 Å². The number of ether oxygens (including phenoxy) is 1. The van der Waals surface area contributed by atoms with Crippen molar-refractivity contribution in [2.75, 3.05) is 0 Å². The van der Waals surface area contributed by atoms with Gasteiger partial charge in [0.25, 0.3) is 5.56 Å². The summed E-state index contributed by atoms with van der Waals surface area (Å²) >= 11 is 0. The fourth-order valence-electron chi connectivity index (χ4n) is 1.61. The molecule has 0 spiro atoms. The highest BCUT2D eigenvalue weighted by Crippen LogP contribution is 2.01. The Morgan fingerprint density at radius 2 is 2.00 bits per heavy atom. The van der Waals surface area contributed by atoms with Crippen molar-refractivity contribution in [3.63, 3.8) is 0 Å². The molecule has 0 radical (unpaired) electrons. The minimum atomic E-state index is -0.612. The summed E-state index contributed by atoms with van der Waals surface area (Å²) in [5.74, 6) is -0.612. The first-order chi connectivity index (χ1) is 9.50. The molecule has 2 aromatic heterocycles. The van der Waals surface area contributed by atoms with Crippen LogP contribution in [-0.2, 0) is 25.4 Å². The number of hydrogen-bond donors (Lipinski definition) is 0. The number of pyridine rings is 1. The number of carbonyl (C=O) groups excluding carboxylic acids is 1. The first-order valence-corrected chi connectivity index (χ1v) is 5.85. The van der Waals surface area contributed by atoms with Gasteiger partial charge >= 0.3 is 11.7 Å². The molecule has 0 saturated heterocycles.